The first-order valence-corrected chi connectivity index (χ1v) is 8.30. The van der Waals surface area contributed by atoms with Crippen LogP contribution in [0.1, 0.15) is 40.0 Å². The minimum Gasteiger partial charge on any atom is -0.469 e. The van der Waals surface area contributed by atoms with Crippen molar-refractivity contribution in [1.82, 2.24) is 15.1 Å². The number of unbranched alkanes of at least 4 members (excludes halogenated alkanes) is 1. The Kier molecular flexibility index (Phi) is 7.81. The van der Waals surface area contributed by atoms with E-state index in [0.717, 1.165) is 6.42 Å². The van der Waals surface area contributed by atoms with Gasteiger partial charge in [0.25, 0.3) is 0 Å². The van der Waals surface area contributed by atoms with Gasteiger partial charge in [-0.15, -0.1) is 0 Å². The van der Waals surface area contributed by atoms with Gasteiger partial charge < -0.3 is 24.6 Å². The number of nitrogens with zero attached hydrogens (tertiary/aromatic N) is 2. The van der Waals surface area contributed by atoms with Crippen molar-refractivity contribution in [3.63, 3.8) is 0 Å². The zero-order valence-electron chi connectivity index (χ0n) is 15.1. The molecule has 1 N–H and O–H groups in total. The van der Waals surface area contributed by atoms with Crippen LogP contribution in [0.3, 0.4) is 0 Å². The Balaban J connectivity index is 2.21. The molecule has 1 saturated heterocycles. The fraction of sp³-hybridized carbons (Fsp3) is 0.812. The lowest BCUT2D eigenvalue weighted by Crippen LogP contribution is -2.54. The Morgan fingerprint density at radius 1 is 1.00 bits per heavy atom. The molecule has 138 valence electrons. The number of rotatable bonds is 5. The molecular weight excluding hydrogens is 314 g/mol. The molecule has 3 amide bonds. The van der Waals surface area contributed by atoms with Crippen molar-refractivity contribution in [1.29, 1.82) is 0 Å². The highest BCUT2D eigenvalue weighted by atomic mass is 16.6. The molecule has 1 aliphatic heterocycles. The molecule has 1 fully saturated rings. The Morgan fingerprint density at radius 2 is 1.58 bits per heavy atom. The monoisotopic (exact) mass is 343 g/mol. The van der Waals surface area contributed by atoms with Crippen LogP contribution in [0.25, 0.3) is 0 Å². The number of hydrogen-bond donors (Lipinski definition) is 1. The molecule has 8 heteroatoms. The third-order valence-electron chi connectivity index (χ3n) is 3.53. The van der Waals surface area contributed by atoms with Crippen LogP contribution in [-0.4, -0.2) is 73.3 Å². The number of ether oxygens (including phenoxy) is 2. The van der Waals surface area contributed by atoms with Gasteiger partial charge in [0.15, 0.2) is 0 Å². The average molecular weight is 343 g/mol. The number of amides is 3. The summed E-state index contributed by atoms with van der Waals surface area (Å²) < 4.78 is 9.88. The molecule has 0 unspecified atom stereocenters. The van der Waals surface area contributed by atoms with Crippen molar-refractivity contribution in [2.45, 2.75) is 45.6 Å². The van der Waals surface area contributed by atoms with E-state index in [4.69, 9.17) is 4.74 Å². The maximum absolute atomic E-state index is 12.0. The first-order chi connectivity index (χ1) is 11.2. The lowest BCUT2D eigenvalue weighted by molar-refractivity contribution is -0.140. The molecule has 0 aliphatic carbocycles. The van der Waals surface area contributed by atoms with Gasteiger partial charge in [-0.1, -0.05) is 0 Å². The summed E-state index contributed by atoms with van der Waals surface area (Å²) in [5, 5.41) is 2.83. The van der Waals surface area contributed by atoms with Crippen molar-refractivity contribution in [3.05, 3.63) is 0 Å². The number of nitrogens with one attached hydrogen (secondary N) is 1. The van der Waals surface area contributed by atoms with Crippen LogP contribution in [-0.2, 0) is 14.3 Å². The molecule has 0 spiro atoms. The fourth-order valence-corrected chi connectivity index (χ4v) is 2.22. The van der Waals surface area contributed by atoms with Gasteiger partial charge in [0.2, 0.25) is 0 Å². The lowest BCUT2D eigenvalue weighted by Gasteiger charge is -2.35. The molecule has 0 aromatic carbocycles. The van der Waals surface area contributed by atoms with Crippen LogP contribution in [0.4, 0.5) is 9.59 Å². The summed E-state index contributed by atoms with van der Waals surface area (Å²) in [5.74, 6) is -0.236. The van der Waals surface area contributed by atoms with E-state index in [1.165, 1.54) is 7.11 Å². The fourth-order valence-electron chi connectivity index (χ4n) is 2.22. The first-order valence-electron chi connectivity index (χ1n) is 8.30. The van der Waals surface area contributed by atoms with Gasteiger partial charge in [-0.05, 0) is 33.6 Å². The van der Waals surface area contributed by atoms with Crippen LogP contribution in [0.5, 0.6) is 0 Å². The summed E-state index contributed by atoms with van der Waals surface area (Å²) in [6.07, 6.45) is 1.42. The normalized spacial score (nSPS) is 15.0. The molecule has 1 rings (SSSR count). The average Bonchev–Trinajstić information content (AvgIpc) is 2.52. The van der Waals surface area contributed by atoms with Gasteiger partial charge in [-0.25, -0.2) is 9.59 Å². The van der Waals surface area contributed by atoms with E-state index in [2.05, 4.69) is 10.1 Å². The standard InChI is InChI=1S/C16H29N3O5/c1-16(2,3)24-15(22)19-11-9-18(10-12-19)14(21)17-8-6-5-7-13(20)23-4/h5-12H2,1-4H3,(H,17,21). The Hall–Kier alpha value is -1.99. The van der Waals surface area contributed by atoms with Gasteiger partial charge in [-0.3, -0.25) is 4.79 Å². The zero-order valence-corrected chi connectivity index (χ0v) is 15.1. The maximum atomic E-state index is 12.0. The number of carbonyl (C=O) groups excluding carboxylic acids is 3. The topological polar surface area (TPSA) is 88.2 Å². The highest BCUT2D eigenvalue weighted by Gasteiger charge is 2.27. The van der Waals surface area contributed by atoms with E-state index >= 15 is 0 Å². The molecule has 0 bridgehead atoms. The van der Waals surface area contributed by atoms with E-state index in [0.29, 0.717) is 45.6 Å². The van der Waals surface area contributed by atoms with Crippen molar-refractivity contribution in [3.8, 4) is 0 Å². The third kappa shape index (κ3) is 7.52. The predicted molar refractivity (Wildman–Crippen MR) is 88.6 cm³/mol. The van der Waals surface area contributed by atoms with Crippen LogP contribution >= 0.6 is 0 Å². The van der Waals surface area contributed by atoms with Crippen LogP contribution in [0.15, 0.2) is 0 Å². The summed E-state index contributed by atoms with van der Waals surface area (Å²) in [4.78, 5) is 38.3. The quantitative estimate of drug-likeness (QED) is 0.605. The highest BCUT2D eigenvalue weighted by Crippen LogP contribution is 2.11. The minimum atomic E-state index is -0.518. The van der Waals surface area contributed by atoms with E-state index in [1.54, 1.807) is 9.80 Å². The number of urea groups is 1. The van der Waals surface area contributed by atoms with Gasteiger partial charge in [0.1, 0.15) is 5.60 Å². The van der Waals surface area contributed by atoms with Crippen LogP contribution in [0, 0.1) is 0 Å². The Morgan fingerprint density at radius 3 is 2.12 bits per heavy atom. The smallest absolute Gasteiger partial charge is 0.410 e. The molecule has 1 aliphatic rings. The van der Waals surface area contributed by atoms with E-state index in [1.807, 2.05) is 20.8 Å². The minimum absolute atomic E-state index is 0.142. The maximum Gasteiger partial charge on any atom is 0.410 e. The Bertz CT molecular complexity index is 439. The first kappa shape index (κ1) is 20.1. The largest absolute Gasteiger partial charge is 0.469 e. The lowest BCUT2D eigenvalue weighted by atomic mass is 10.2. The number of piperazine rings is 1. The second kappa shape index (κ2) is 9.34. The molecule has 8 nitrogen and oxygen atoms in total. The highest BCUT2D eigenvalue weighted by molar-refractivity contribution is 5.75. The number of hydrogen-bond acceptors (Lipinski definition) is 5. The molecular formula is C16H29N3O5. The van der Waals surface area contributed by atoms with E-state index in [9.17, 15) is 14.4 Å². The van der Waals surface area contributed by atoms with Crippen molar-refractivity contribution < 1.29 is 23.9 Å². The molecule has 0 atom stereocenters. The van der Waals surface area contributed by atoms with Crippen molar-refractivity contribution in [2.75, 3.05) is 39.8 Å². The molecule has 24 heavy (non-hydrogen) atoms. The second-order valence-electron chi connectivity index (χ2n) is 6.72. The zero-order chi connectivity index (χ0) is 18.2. The van der Waals surface area contributed by atoms with Gasteiger partial charge in [0, 0.05) is 39.1 Å². The second-order valence-corrected chi connectivity index (χ2v) is 6.72. The number of carbonyl (C=O) groups is 3. The molecule has 1 heterocycles. The van der Waals surface area contributed by atoms with Gasteiger partial charge >= 0.3 is 18.1 Å². The third-order valence-corrected chi connectivity index (χ3v) is 3.53. The summed E-state index contributed by atoms with van der Waals surface area (Å²) in [6.45, 7) is 7.89. The van der Waals surface area contributed by atoms with Crippen LogP contribution in [0.2, 0.25) is 0 Å². The Labute approximate surface area is 143 Å². The van der Waals surface area contributed by atoms with Gasteiger partial charge in [-0.2, -0.15) is 0 Å². The SMILES string of the molecule is COC(=O)CCCCNC(=O)N1CCN(C(=O)OC(C)(C)C)CC1. The number of esters is 1. The number of methoxy groups -OCH3 is 1. The van der Waals surface area contributed by atoms with E-state index in [-0.39, 0.29) is 18.1 Å². The van der Waals surface area contributed by atoms with Crippen LogP contribution < -0.4 is 5.32 Å². The van der Waals surface area contributed by atoms with Crippen molar-refractivity contribution in [2.24, 2.45) is 0 Å². The summed E-state index contributed by atoms with van der Waals surface area (Å²) in [6, 6.07) is -0.142. The summed E-state index contributed by atoms with van der Waals surface area (Å²) in [7, 11) is 1.36. The van der Waals surface area contributed by atoms with Gasteiger partial charge in [0.05, 0.1) is 7.11 Å². The molecule has 0 aromatic rings. The summed E-state index contributed by atoms with van der Waals surface area (Å²) >= 11 is 0. The molecule has 0 saturated carbocycles. The molecule has 0 aromatic heterocycles. The van der Waals surface area contributed by atoms with E-state index < -0.39 is 5.60 Å². The summed E-state index contributed by atoms with van der Waals surface area (Å²) in [5.41, 5.74) is -0.518. The molecule has 0 radical (unpaired) electrons. The van der Waals surface area contributed by atoms with Crippen molar-refractivity contribution >= 4 is 18.1 Å². The predicted octanol–water partition coefficient (Wildman–Crippen LogP) is 1.59.